The Morgan fingerprint density at radius 1 is 1.36 bits per heavy atom. The number of H-pyrrole nitrogens is 1. The molecule has 5 nitrogen and oxygen atoms in total. The lowest BCUT2D eigenvalue weighted by atomic mass is 9.89. The predicted molar refractivity (Wildman–Crippen MR) is 94.6 cm³/mol. The van der Waals surface area contributed by atoms with Crippen LogP contribution in [-0.4, -0.2) is 41.3 Å². The van der Waals surface area contributed by atoms with Crippen LogP contribution < -0.4 is 5.32 Å². The molecule has 0 unspecified atom stereocenters. The van der Waals surface area contributed by atoms with Crippen LogP contribution in [0.2, 0.25) is 0 Å². The van der Waals surface area contributed by atoms with Crippen LogP contribution in [0.15, 0.2) is 37.1 Å². The fourth-order valence-corrected chi connectivity index (χ4v) is 3.41. The van der Waals surface area contributed by atoms with E-state index >= 15 is 0 Å². The van der Waals surface area contributed by atoms with Gasteiger partial charge in [-0.1, -0.05) is 6.58 Å². The van der Waals surface area contributed by atoms with E-state index in [0.29, 0.717) is 32.0 Å². The molecule has 1 aliphatic heterocycles. The number of fused-ring (bicyclic) bond motifs is 1. The first kappa shape index (κ1) is 17.2. The van der Waals surface area contributed by atoms with Crippen molar-refractivity contribution in [2.45, 2.75) is 25.2 Å². The molecule has 0 spiro atoms. The number of likely N-dealkylation sites (tertiary alicyclic amines) is 1. The van der Waals surface area contributed by atoms with E-state index in [9.17, 15) is 14.0 Å². The Kier molecular flexibility index (Phi) is 5.16. The van der Waals surface area contributed by atoms with Gasteiger partial charge in [-0.15, -0.1) is 0 Å². The molecule has 1 aromatic carbocycles. The van der Waals surface area contributed by atoms with Crippen molar-refractivity contribution in [3.05, 3.63) is 48.4 Å². The Bertz CT molecular complexity index is 791. The number of halogens is 1. The van der Waals surface area contributed by atoms with Gasteiger partial charge in [0, 0.05) is 43.2 Å². The summed E-state index contributed by atoms with van der Waals surface area (Å²) in [5.41, 5.74) is 2.06. The lowest BCUT2D eigenvalue weighted by Gasteiger charge is -2.32. The zero-order valence-electron chi connectivity index (χ0n) is 14.1. The predicted octanol–water partition coefficient (Wildman–Crippen LogP) is 2.71. The summed E-state index contributed by atoms with van der Waals surface area (Å²) in [6.07, 6.45) is 5.15. The molecule has 1 saturated heterocycles. The number of rotatable bonds is 5. The molecule has 0 saturated carbocycles. The van der Waals surface area contributed by atoms with E-state index in [4.69, 9.17) is 0 Å². The first-order chi connectivity index (χ1) is 12.1. The molecule has 2 N–H and O–H groups in total. The van der Waals surface area contributed by atoms with Crippen molar-refractivity contribution in [2.24, 2.45) is 0 Å². The fraction of sp³-hybridized carbons (Fsp3) is 0.368. The van der Waals surface area contributed by atoms with E-state index in [0.717, 1.165) is 29.3 Å². The number of benzene rings is 1. The van der Waals surface area contributed by atoms with Gasteiger partial charge in [-0.3, -0.25) is 9.59 Å². The summed E-state index contributed by atoms with van der Waals surface area (Å²) >= 11 is 0. The molecule has 6 heteroatoms. The molecule has 0 atom stereocenters. The van der Waals surface area contributed by atoms with Gasteiger partial charge in [-0.25, -0.2) is 4.39 Å². The highest BCUT2D eigenvalue weighted by atomic mass is 19.1. The Hall–Kier alpha value is -2.63. The quantitative estimate of drug-likeness (QED) is 0.820. The number of aromatic nitrogens is 1. The standard InChI is InChI=1S/C19H22FN3O2/c1-2-18(24)21-8-5-19(25)23-9-6-13(7-10-23)16-12-22-17-4-3-14(20)11-15(16)17/h2-4,11-13,22H,1,5-10H2,(H,21,24). The van der Waals surface area contributed by atoms with E-state index in [-0.39, 0.29) is 17.6 Å². The Labute approximate surface area is 145 Å². The summed E-state index contributed by atoms with van der Waals surface area (Å²) in [5, 5.41) is 3.54. The Morgan fingerprint density at radius 2 is 2.12 bits per heavy atom. The van der Waals surface area contributed by atoms with Gasteiger partial charge in [0.1, 0.15) is 5.82 Å². The monoisotopic (exact) mass is 343 g/mol. The molecule has 3 rings (SSSR count). The average molecular weight is 343 g/mol. The molecule has 2 heterocycles. The summed E-state index contributed by atoms with van der Waals surface area (Å²) in [6.45, 7) is 5.06. The van der Waals surface area contributed by atoms with Gasteiger partial charge in [0.15, 0.2) is 0 Å². The second-order valence-corrected chi connectivity index (χ2v) is 6.33. The minimum absolute atomic E-state index is 0.0489. The maximum atomic E-state index is 13.5. The minimum Gasteiger partial charge on any atom is -0.361 e. The summed E-state index contributed by atoms with van der Waals surface area (Å²) in [7, 11) is 0. The SMILES string of the molecule is C=CC(=O)NCCC(=O)N1CCC(c2c[nH]c3ccc(F)cc23)CC1. The van der Waals surface area contributed by atoms with Crippen LogP contribution in [0.5, 0.6) is 0 Å². The largest absolute Gasteiger partial charge is 0.361 e. The number of amides is 2. The highest BCUT2D eigenvalue weighted by Crippen LogP contribution is 2.33. The number of carbonyl (C=O) groups excluding carboxylic acids is 2. The van der Waals surface area contributed by atoms with Gasteiger partial charge in [0.2, 0.25) is 11.8 Å². The lowest BCUT2D eigenvalue weighted by Crippen LogP contribution is -2.39. The number of carbonyl (C=O) groups is 2. The highest BCUT2D eigenvalue weighted by molar-refractivity contribution is 5.87. The molecule has 132 valence electrons. The normalized spacial score (nSPS) is 15.3. The maximum absolute atomic E-state index is 13.5. The molecule has 2 amide bonds. The van der Waals surface area contributed by atoms with Crippen LogP contribution in [-0.2, 0) is 9.59 Å². The molecule has 0 bridgehead atoms. The summed E-state index contributed by atoms with van der Waals surface area (Å²) in [4.78, 5) is 28.3. The van der Waals surface area contributed by atoms with E-state index in [1.54, 1.807) is 12.1 Å². The zero-order chi connectivity index (χ0) is 17.8. The molecular formula is C19H22FN3O2. The van der Waals surface area contributed by atoms with Crippen molar-refractivity contribution < 1.29 is 14.0 Å². The minimum atomic E-state index is -0.266. The van der Waals surface area contributed by atoms with Crippen LogP contribution in [0, 0.1) is 5.82 Å². The first-order valence-corrected chi connectivity index (χ1v) is 8.53. The van der Waals surface area contributed by atoms with Crippen molar-refractivity contribution in [1.29, 1.82) is 0 Å². The average Bonchev–Trinajstić information content (AvgIpc) is 3.04. The van der Waals surface area contributed by atoms with Crippen molar-refractivity contribution >= 4 is 22.7 Å². The number of hydrogen-bond acceptors (Lipinski definition) is 2. The molecule has 1 fully saturated rings. The van der Waals surface area contributed by atoms with Gasteiger partial charge >= 0.3 is 0 Å². The van der Waals surface area contributed by atoms with E-state index in [1.807, 2.05) is 11.1 Å². The van der Waals surface area contributed by atoms with Crippen molar-refractivity contribution in [3.8, 4) is 0 Å². The number of piperidine rings is 1. The maximum Gasteiger partial charge on any atom is 0.243 e. The van der Waals surface area contributed by atoms with Gasteiger partial charge in [-0.2, -0.15) is 0 Å². The third-order valence-electron chi connectivity index (χ3n) is 4.79. The molecule has 0 aliphatic carbocycles. The number of aromatic amines is 1. The molecular weight excluding hydrogens is 321 g/mol. The fourth-order valence-electron chi connectivity index (χ4n) is 3.41. The summed E-state index contributed by atoms with van der Waals surface area (Å²) < 4.78 is 13.5. The van der Waals surface area contributed by atoms with Crippen LogP contribution in [0.4, 0.5) is 4.39 Å². The second kappa shape index (κ2) is 7.51. The van der Waals surface area contributed by atoms with Crippen LogP contribution in [0.1, 0.15) is 30.7 Å². The zero-order valence-corrected chi connectivity index (χ0v) is 14.1. The molecule has 2 aromatic rings. The highest BCUT2D eigenvalue weighted by Gasteiger charge is 2.25. The van der Waals surface area contributed by atoms with Crippen molar-refractivity contribution in [2.75, 3.05) is 19.6 Å². The van der Waals surface area contributed by atoms with Crippen LogP contribution >= 0.6 is 0 Å². The van der Waals surface area contributed by atoms with Crippen LogP contribution in [0.3, 0.4) is 0 Å². The third-order valence-corrected chi connectivity index (χ3v) is 4.79. The van der Waals surface area contributed by atoms with Gasteiger partial charge in [-0.05, 0) is 48.6 Å². The molecule has 1 aliphatic rings. The Balaban J connectivity index is 1.56. The molecule has 25 heavy (non-hydrogen) atoms. The smallest absolute Gasteiger partial charge is 0.243 e. The van der Waals surface area contributed by atoms with Gasteiger partial charge in [0.05, 0.1) is 0 Å². The summed E-state index contributed by atoms with van der Waals surface area (Å²) in [5.74, 6) is -0.131. The van der Waals surface area contributed by atoms with E-state index < -0.39 is 0 Å². The second-order valence-electron chi connectivity index (χ2n) is 6.33. The van der Waals surface area contributed by atoms with Crippen molar-refractivity contribution in [1.82, 2.24) is 15.2 Å². The topological polar surface area (TPSA) is 65.2 Å². The number of nitrogens with zero attached hydrogens (tertiary/aromatic N) is 1. The third kappa shape index (κ3) is 3.90. The number of hydrogen-bond donors (Lipinski definition) is 2. The van der Waals surface area contributed by atoms with Crippen LogP contribution in [0.25, 0.3) is 10.9 Å². The van der Waals surface area contributed by atoms with Gasteiger partial charge < -0.3 is 15.2 Å². The van der Waals surface area contributed by atoms with Crippen molar-refractivity contribution in [3.63, 3.8) is 0 Å². The Morgan fingerprint density at radius 3 is 2.84 bits per heavy atom. The molecule has 0 radical (unpaired) electrons. The summed E-state index contributed by atoms with van der Waals surface area (Å²) in [6, 6.07) is 4.78. The molecule has 1 aromatic heterocycles. The van der Waals surface area contributed by atoms with E-state index in [2.05, 4.69) is 16.9 Å². The number of nitrogens with one attached hydrogen (secondary N) is 2. The van der Waals surface area contributed by atoms with Gasteiger partial charge in [0.25, 0.3) is 0 Å². The van der Waals surface area contributed by atoms with E-state index in [1.165, 1.54) is 12.1 Å². The first-order valence-electron chi connectivity index (χ1n) is 8.53. The lowest BCUT2D eigenvalue weighted by molar-refractivity contribution is -0.132.